The van der Waals surface area contributed by atoms with E-state index in [0.717, 1.165) is 50.3 Å². The van der Waals surface area contributed by atoms with Crippen molar-refractivity contribution in [2.24, 2.45) is 5.92 Å². The van der Waals surface area contributed by atoms with E-state index in [2.05, 4.69) is 41.1 Å². The molecule has 0 aromatic heterocycles. The first kappa shape index (κ1) is 23.7. The summed E-state index contributed by atoms with van der Waals surface area (Å²) in [6, 6.07) is 15.7. The topological polar surface area (TPSA) is 54.0 Å². The van der Waals surface area contributed by atoms with E-state index in [9.17, 15) is 4.79 Å². The lowest BCUT2D eigenvalue weighted by molar-refractivity contribution is -0.125. The summed E-state index contributed by atoms with van der Waals surface area (Å²) in [7, 11) is 1.64. The summed E-state index contributed by atoms with van der Waals surface area (Å²) in [5, 5.41) is 3.67. The highest BCUT2D eigenvalue weighted by Gasteiger charge is 2.50. The Morgan fingerprint density at radius 2 is 1.85 bits per heavy atom. The number of methoxy groups -OCH3 is 1. The van der Waals surface area contributed by atoms with Crippen molar-refractivity contribution in [1.82, 2.24) is 10.2 Å². The number of nitrogens with zero attached hydrogens (tertiary/aromatic N) is 2. The molecule has 1 unspecified atom stereocenters. The number of amides is 1. The van der Waals surface area contributed by atoms with Crippen molar-refractivity contribution in [3.05, 3.63) is 53.6 Å². The van der Waals surface area contributed by atoms with Crippen LogP contribution >= 0.6 is 11.6 Å². The van der Waals surface area contributed by atoms with E-state index in [-0.39, 0.29) is 12.0 Å². The van der Waals surface area contributed by atoms with Crippen molar-refractivity contribution in [3.8, 4) is 11.5 Å². The Kier molecular flexibility index (Phi) is 7.35. The van der Waals surface area contributed by atoms with Gasteiger partial charge in [0.05, 0.1) is 18.8 Å². The average Bonchev–Trinajstić information content (AvgIpc) is 3.14. The zero-order valence-electron chi connectivity index (χ0n) is 19.7. The number of piperidine rings is 1. The lowest BCUT2D eigenvalue weighted by Gasteiger charge is -2.43. The minimum absolute atomic E-state index is 0.0427. The van der Waals surface area contributed by atoms with Crippen LogP contribution in [0.3, 0.4) is 0 Å². The number of hydrogen-bond donors (Lipinski definition) is 1. The standard InChI is InChI=1S/C26H34ClN3O3/c1-19(2)23(33-24-17-21(32-3)9-10-22(24)27)11-14-29-15-12-26(13-16-29)25(31)28-18-30(26)20-7-5-4-6-8-20/h4-10,17,19,23H,11-16,18H2,1-3H3,(H,28,31). The maximum Gasteiger partial charge on any atom is 0.247 e. The molecule has 1 spiro atoms. The molecule has 7 heteroatoms. The van der Waals surface area contributed by atoms with Crippen LogP contribution in [0.15, 0.2) is 48.5 Å². The fourth-order valence-corrected chi connectivity index (χ4v) is 5.04. The zero-order valence-corrected chi connectivity index (χ0v) is 20.5. The molecule has 33 heavy (non-hydrogen) atoms. The van der Waals surface area contributed by atoms with Gasteiger partial charge in [-0.2, -0.15) is 0 Å². The number of halogens is 1. The predicted octanol–water partition coefficient (Wildman–Crippen LogP) is 4.57. The minimum Gasteiger partial charge on any atom is -0.497 e. The molecule has 2 saturated heterocycles. The van der Waals surface area contributed by atoms with E-state index in [1.54, 1.807) is 7.11 Å². The van der Waals surface area contributed by atoms with Crippen LogP contribution in [-0.2, 0) is 4.79 Å². The van der Waals surface area contributed by atoms with Crippen LogP contribution in [0.4, 0.5) is 5.69 Å². The van der Waals surface area contributed by atoms with Gasteiger partial charge in [-0.05, 0) is 49.4 Å². The van der Waals surface area contributed by atoms with Crippen LogP contribution in [0.25, 0.3) is 0 Å². The fraction of sp³-hybridized carbons (Fsp3) is 0.500. The van der Waals surface area contributed by atoms with E-state index in [1.807, 2.05) is 36.4 Å². The van der Waals surface area contributed by atoms with Crippen LogP contribution < -0.4 is 19.7 Å². The van der Waals surface area contributed by atoms with Gasteiger partial charge in [-0.15, -0.1) is 0 Å². The average molecular weight is 472 g/mol. The molecule has 6 nitrogen and oxygen atoms in total. The summed E-state index contributed by atoms with van der Waals surface area (Å²) >= 11 is 6.36. The molecule has 4 rings (SSSR count). The number of carbonyl (C=O) groups excluding carboxylic acids is 1. The Bertz CT molecular complexity index is 945. The molecular formula is C26H34ClN3O3. The Balaban J connectivity index is 1.36. The number of nitrogens with one attached hydrogen (secondary N) is 1. The molecule has 2 aromatic carbocycles. The van der Waals surface area contributed by atoms with Gasteiger partial charge in [-0.25, -0.2) is 0 Å². The molecule has 0 saturated carbocycles. The monoisotopic (exact) mass is 471 g/mol. The number of para-hydroxylation sites is 1. The summed E-state index contributed by atoms with van der Waals surface area (Å²) < 4.78 is 11.6. The molecule has 2 fully saturated rings. The molecular weight excluding hydrogens is 438 g/mol. The summed E-state index contributed by atoms with van der Waals surface area (Å²) in [6.45, 7) is 7.62. The molecule has 178 valence electrons. The zero-order chi connectivity index (χ0) is 23.4. The molecule has 0 aliphatic carbocycles. The number of benzene rings is 2. The number of anilines is 1. The molecule has 2 aromatic rings. The lowest BCUT2D eigenvalue weighted by Crippen LogP contribution is -2.56. The summed E-state index contributed by atoms with van der Waals surface area (Å²) in [4.78, 5) is 17.6. The minimum atomic E-state index is -0.445. The van der Waals surface area contributed by atoms with E-state index in [0.29, 0.717) is 23.4 Å². The third-order valence-electron chi connectivity index (χ3n) is 6.98. The smallest absolute Gasteiger partial charge is 0.247 e. The number of rotatable bonds is 8. The second-order valence-electron chi connectivity index (χ2n) is 9.29. The van der Waals surface area contributed by atoms with Gasteiger partial charge >= 0.3 is 0 Å². The van der Waals surface area contributed by atoms with Crippen molar-refractivity contribution in [1.29, 1.82) is 0 Å². The molecule has 2 heterocycles. The highest BCUT2D eigenvalue weighted by atomic mass is 35.5. The van der Waals surface area contributed by atoms with Crippen LogP contribution in [0, 0.1) is 5.92 Å². The third kappa shape index (κ3) is 5.07. The number of likely N-dealkylation sites (tertiary alicyclic amines) is 1. The third-order valence-corrected chi connectivity index (χ3v) is 7.29. The largest absolute Gasteiger partial charge is 0.497 e. The van der Waals surface area contributed by atoms with Gasteiger partial charge in [0, 0.05) is 31.4 Å². The number of ether oxygens (including phenoxy) is 2. The quantitative estimate of drug-likeness (QED) is 0.611. The first-order valence-corrected chi connectivity index (χ1v) is 12.1. The molecule has 1 amide bonds. The summed E-state index contributed by atoms with van der Waals surface area (Å²) in [6.07, 6.45) is 2.58. The van der Waals surface area contributed by atoms with E-state index >= 15 is 0 Å². The van der Waals surface area contributed by atoms with Crippen molar-refractivity contribution >= 4 is 23.2 Å². The van der Waals surface area contributed by atoms with Crippen LogP contribution in [-0.4, -0.2) is 55.9 Å². The molecule has 1 N–H and O–H groups in total. The van der Waals surface area contributed by atoms with Crippen molar-refractivity contribution in [3.63, 3.8) is 0 Å². The molecule has 1 atom stereocenters. The van der Waals surface area contributed by atoms with Gasteiger partial charge in [0.2, 0.25) is 5.91 Å². The highest BCUT2D eigenvalue weighted by molar-refractivity contribution is 6.32. The maximum absolute atomic E-state index is 12.9. The highest BCUT2D eigenvalue weighted by Crippen LogP contribution is 2.36. The van der Waals surface area contributed by atoms with Gasteiger partial charge < -0.3 is 24.6 Å². The van der Waals surface area contributed by atoms with Gasteiger partial charge in [0.1, 0.15) is 23.1 Å². The van der Waals surface area contributed by atoms with Crippen molar-refractivity contribution in [2.75, 3.05) is 38.3 Å². The normalized spacial score (nSPS) is 19.1. The van der Waals surface area contributed by atoms with Gasteiger partial charge in [-0.3, -0.25) is 4.79 Å². The lowest BCUT2D eigenvalue weighted by atomic mass is 9.85. The molecule has 0 radical (unpaired) electrons. The molecule has 2 aliphatic heterocycles. The number of carbonyl (C=O) groups is 1. The SMILES string of the molecule is COc1ccc(Cl)c(OC(CCN2CCC3(CC2)C(=O)NCN3c2ccccc2)C(C)C)c1. The molecule has 2 aliphatic rings. The van der Waals surface area contributed by atoms with Crippen LogP contribution in [0.5, 0.6) is 11.5 Å². The Morgan fingerprint density at radius 1 is 1.12 bits per heavy atom. The van der Waals surface area contributed by atoms with Crippen LogP contribution in [0.1, 0.15) is 33.1 Å². The van der Waals surface area contributed by atoms with Crippen molar-refractivity contribution < 1.29 is 14.3 Å². The first-order valence-electron chi connectivity index (χ1n) is 11.8. The van der Waals surface area contributed by atoms with Gasteiger partial charge in [0.15, 0.2) is 0 Å². The Labute approximate surface area is 201 Å². The number of hydrogen-bond acceptors (Lipinski definition) is 5. The second kappa shape index (κ2) is 10.2. The maximum atomic E-state index is 12.9. The summed E-state index contributed by atoms with van der Waals surface area (Å²) in [5.41, 5.74) is 0.660. The van der Waals surface area contributed by atoms with Crippen molar-refractivity contribution in [2.45, 2.75) is 44.8 Å². The predicted molar refractivity (Wildman–Crippen MR) is 132 cm³/mol. The van der Waals surface area contributed by atoms with E-state index in [1.165, 1.54) is 0 Å². The fourth-order valence-electron chi connectivity index (χ4n) is 4.88. The van der Waals surface area contributed by atoms with Crippen LogP contribution in [0.2, 0.25) is 5.02 Å². The second-order valence-corrected chi connectivity index (χ2v) is 9.69. The van der Waals surface area contributed by atoms with E-state index < -0.39 is 5.54 Å². The van der Waals surface area contributed by atoms with E-state index in [4.69, 9.17) is 21.1 Å². The van der Waals surface area contributed by atoms with Gasteiger partial charge in [-0.1, -0.05) is 43.6 Å². The first-order chi connectivity index (χ1) is 15.9. The van der Waals surface area contributed by atoms with Gasteiger partial charge in [0.25, 0.3) is 0 Å². The Hall–Kier alpha value is -2.44. The molecule has 0 bridgehead atoms. The summed E-state index contributed by atoms with van der Waals surface area (Å²) in [5.74, 6) is 1.89. The Morgan fingerprint density at radius 3 is 2.52 bits per heavy atom.